The first-order valence-electron chi connectivity index (χ1n) is 18.9. The fraction of sp³-hybridized carbons (Fsp3) is 0.625. The molecule has 54 heavy (non-hydrogen) atoms. The van der Waals surface area contributed by atoms with Crippen LogP contribution in [0.1, 0.15) is 96.6 Å². The van der Waals surface area contributed by atoms with Crippen LogP contribution in [0.4, 0.5) is 4.79 Å². The van der Waals surface area contributed by atoms with Crippen molar-refractivity contribution in [1.29, 1.82) is 0 Å². The van der Waals surface area contributed by atoms with Crippen LogP contribution in [0.3, 0.4) is 0 Å². The summed E-state index contributed by atoms with van der Waals surface area (Å²) in [6.45, 7) is 15.6. The molecular formula is C40H57N7O6S. The quantitative estimate of drug-likeness (QED) is 0.233. The van der Waals surface area contributed by atoms with E-state index in [1.54, 1.807) is 19.0 Å². The zero-order chi connectivity index (χ0) is 39.9. The summed E-state index contributed by atoms with van der Waals surface area (Å²) in [4.78, 5) is 90.1. The number of Topliss-reactive ketones (excluding diaryl/α,β-unsaturated/α-hetero) is 1. The number of hydrogen-bond acceptors (Lipinski definition) is 8. The molecule has 2 aromatic rings. The summed E-state index contributed by atoms with van der Waals surface area (Å²) in [7, 11) is 3.29. The molecule has 6 amide bonds. The van der Waals surface area contributed by atoms with E-state index < -0.39 is 52.7 Å². The van der Waals surface area contributed by atoms with Crippen LogP contribution in [0.25, 0.3) is 10.4 Å². The average molecular weight is 764 g/mol. The van der Waals surface area contributed by atoms with Crippen molar-refractivity contribution >= 4 is 46.8 Å². The maximum atomic E-state index is 14.3. The summed E-state index contributed by atoms with van der Waals surface area (Å²) < 4.78 is 0. The number of rotatable bonds is 12. The van der Waals surface area contributed by atoms with Crippen LogP contribution >= 0.6 is 11.3 Å². The molecule has 1 aromatic heterocycles. The number of amides is 6. The molecule has 1 unspecified atom stereocenters. The lowest BCUT2D eigenvalue weighted by atomic mass is 9.80. The Morgan fingerprint density at radius 1 is 0.981 bits per heavy atom. The predicted molar refractivity (Wildman–Crippen MR) is 207 cm³/mol. The molecule has 2 saturated carbocycles. The topological polar surface area (TPSA) is 170 Å². The zero-order valence-electron chi connectivity index (χ0n) is 33.3. The molecule has 1 aromatic carbocycles. The number of piperidine rings is 1. The van der Waals surface area contributed by atoms with Gasteiger partial charge in [0, 0.05) is 26.2 Å². The molecule has 0 spiro atoms. The lowest BCUT2D eigenvalue weighted by molar-refractivity contribution is -0.145. The Hall–Kier alpha value is -4.33. The third-order valence-corrected chi connectivity index (χ3v) is 12.1. The zero-order valence-corrected chi connectivity index (χ0v) is 34.1. The number of carbonyl (C=O) groups is 6. The van der Waals surface area contributed by atoms with Crippen LogP contribution in [0, 0.1) is 28.6 Å². The highest BCUT2D eigenvalue weighted by Gasteiger charge is 2.70. The Labute approximate surface area is 322 Å². The number of urea groups is 1. The summed E-state index contributed by atoms with van der Waals surface area (Å²) in [6, 6.07) is 6.03. The van der Waals surface area contributed by atoms with Gasteiger partial charge in [-0.2, -0.15) is 0 Å². The molecule has 4 N–H and O–H groups in total. The van der Waals surface area contributed by atoms with Crippen LogP contribution in [-0.2, 0) is 25.7 Å². The number of hydrogen-bond donors (Lipinski definition) is 4. The van der Waals surface area contributed by atoms with E-state index in [9.17, 15) is 28.8 Å². The van der Waals surface area contributed by atoms with Crippen LogP contribution in [0.5, 0.6) is 0 Å². The van der Waals surface area contributed by atoms with Crippen molar-refractivity contribution in [2.75, 3.05) is 20.6 Å². The number of nitrogens with one attached hydrogen (secondary N) is 4. The van der Waals surface area contributed by atoms with Crippen molar-refractivity contribution in [2.45, 2.75) is 111 Å². The second-order valence-corrected chi connectivity index (χ2v) is 19.1. The smallest absolute Gasteiger partial charge is 0.315 e. The molecule has 14 heteroatoms. The highest BCUT2D eigenvalue weighted by atomic mass is 32.1. The van der Waals surface area contributed by atoms with Crippen LogP contribution in [0.2, 0.25) is 0 Å². The van der Waals surface area contributed by atoms with Gasteiger partial charge >= 0.3 is 6.03 Å². The van der Waals surface area contributed by atoms with Crippen LogP contribution < -0.4 is 21.3 Å². The molecule has 5 atom stereocenters. The normalized spacial score (nSPS) is 21.5. The molecule has 2 heterocycles. The summed E-state index contributed by atoms with van der Waals surface area (Å²) in [5.74, 6) is -2.62. The number of likely N-dealkylation sites (tertiary alicyclic amines) is 1. The number of aromatic nitrogens is 1. The SMILES string of the molecule is CN(C)C(=O)c1nc(CNC(=O)C(=O)C(CC2CCC2)NC(=O)[C@@H]2[C@@H]3[C@H](CN2C(=O)[C@@H](NC(=O)NC(C)(C)C)C(C)(C)C)C3(C)C)sc1-c1ccccc1. The Morgan fingerprint density at radius 3 is 2.19 bits per heavy atom. The molecule has 13 nitrogen and oxygen atoms in total. The number of thiazole rings is 1. The van der Waals surface area contributed by atoms with Gasteiger partial charge in [-0.05, 0) is 61.3 Å². The highest BCUT2D eigenvalue weighted by Crippen LogP contribution is 2.65. The Kier molecular flexibility index (Phi) is 11.7. The lowest BCUT2D eigenvalue weighted by Crippen LogP contribution is -2.62. The third-order valence-electron chi connectivity index (χ3n) is 11.0. The van der Waals surface area contributed by atoms with Gasteiger partial charge in [-0.25, -0.2) is 9.78 Å². The fourth-order valence-electron chi connectivity index (χ4n) is 7.67. The van der Waals surface area contributed by atoms with Crippen molar-refractivity contribution in [1.82, 2.24) is 36.1 Å². The second kappa shape index (κ2) is 15.4. The van der Waals surface area contributed by atoms with E-state index >= 15 is 0 Å². The van der Waals surface area contributed by atoms with Gasteiger partial charge in [-0.15, -0.1) is 11.3 Å². The number of nitrogens with zero attached hydrogens (tertiary/aromatic N) is 3. The van der Waals surface area contributed by atoms with Gasteiger partial charge in [-0.3, -0.25) is 24.0 Å². The number of ketones is 1. The molecule has 294 valence electrons. The monoisotopic (exact) mass is 763 g/mol. The van der Waals surface area contributed by atoms with E-state index in [-0.39, 0.29) is 47.2 Å². The fourth-order valence-corrected chi connectivity index (χ4v) is 8.67. The summed E-state index contributed by atoms with van der Waals surface area (Å²) in [5.41, 5.74) is -0.314. The first-order chi connectivity index (χ1) is 25.1. The Morgan fingerprint density at radius 2 is 1.63 bits per heavy atom. The molecule has 2 aliphatic carbocycles. The molecule has 3 fully saturated rings. The Balaban J connectivity index is 1.33. The van der Waals surface area contributed by atoms with Crippen molar-refractivity contribution < 1.29 is 28.8 Å². The first-order valence-corrected chi connectivity index (χ1v) is 19.7. The summed E-state index contributed by atoms with van der Waals surface area (Å²) in [6.07, 6.45) is 3.12. The number of carbonyl (C=O) groups excluding carboxylic acids is 6. The summed E-state index contributed by atoms with van der Waals surface area (Å²) >= 11 is 1.27. The predicted octanol–water partition coefficient (Wildman–Crippen LogP) is 4.37. The van der Waals surface area contributed by atoms with Gasteiger partial charge in [-0.1, -0.05) is 84.2 Å². The molecule has 0 bridgehead atoms. The number of fused-ring (bicyclic) bond motifs is 1. The molecule has 1 aliphatic heterocycles. The molecule has 0 radical (unpaired) electrons. The molecule has 5 rings (SSSR count). The highest BCUT2D eigenvalue weighted by molar-refractivity contribution is 7.15. The minimum absolute atomic E-state index is 0.0767. The number of benzene rings is 1. The van der Waals surface area contributed by atoms with Gasteiger partial charge in [0.1, 0.15) is 22.8 Å². The summed E-state index contributed by atoms with van der Waals surface area (Å²) in [5, 5.41) is 11.8. The second-order valence-electron chi connectivity index (χ2n) is 18.0. The van der Waals surface area contributed by atoms with E-state index in [1.165, 1.54) is 16.2 Å². The minimum Gasteiger partial charge on any atom is -0.344 e. The van der Waals surface area contributed by atoms with Crippen LogP contribution in [-0.4, -0.2) is 94.5 Å². The third kappa shape index (κ3) is 8.96. The van der Waals surface area contributed by atoms with Crippen molar-refractivity contribution in [2.24, 2.45) is 28.6 Å². The van der Waals surface area contributed by atoms with Crippen molar-refractivity contribution in [3.8, 4) is 10.4 Å². The molecule has 1 saturated heterocycles. The van der Waals surface area contributed by atoms with E-state index in [4.69, 9.17) is 0 Å². The average Bonchev–Trinajstić information content (AvgIpc) is 3.41. The maximum Gasteiger partial charge on any atom is 0.315 e. The first kappa shape index (κ1) is 40.8. The van der Waals surface area contributed by atoms with Gasteiger partial charge < -0.3 is 31.1 Å². The van der Waals surface area contributed by atoms with Gasteiger partial charge in [0.25, 0.3) is 11.8 Å². The van der Waals surface area contributed by atoms with Gasteiger partial charge in [0.2, 0.25) is 17.6 Å². The van der Waals surface area contributed by atoms with E-state index in [1.807, 2.05) is 71.9 Å². The van der Waals surface area contributed by atoms with Crippen LogP contribution in [0.15, 0.2) is 30.3 Å². The van der Waals surface area contributed by atoms with E-state index in [2.05, 4.69) is 40.1 Å². The van der Waals surface area contributed by atoms with Gasteiger partial charge in [0.05, 0.1) is 17.5 Å². The van der Waals surface area contributed by atoms with E-state index in [0.29, 0.717) is 22.9 Å². The Bertz CT molecular complexity index is 1770. The molecular weight excluding hydrogens is 707 g/mol. The van der Waals surface area contributed by atoms with Gasteiger partial charge in [0.15, 0.2) is 0 Å². The standard InChI is InChI=1S/C40H57N7O6S/c1-38(2,3)32(44-37(53)45-39(4,5)6)36(52)47-21-24-27(40(24,7)8)29(47)33(49)42-25(19-22-15-14-16-22)30(48)34(50)41-20-26-43-28(35(51)46(9)10)31(54-26)23-17-12-11-13-18-23/h11-13,17-18,22,24-25,27,29,32H,14-16,19-21H2,1-10H3,(H,41,50)(H,42,49)(H2,44,45,53)/t24-,25?,27-,29-,32+/m0/s1. The maximum absolute atomic E-state index is 14.3. The van der Waals surface area contributed by atoms with E-state index in [0.717, 1.165) is 24.8 Å². The largest absolute Gasteiger partial charge is 0.344 e. The van der Waals surface area contributed by atoms with Crippen molar-refractivity contribution in [3.63, 3.8) is 0 Å². The van der Waals surface area contributed by atoms with Crippen molar-refractivity contribution in [3.05, 3.63) is 41.0 Å². The minimum atomic E-state index is -1.09. The molecule has 3 aliphatic rings. The lowest BCUT2D eigenvalue weighted by Gasteiger charge is -2.38.